The van der Waals surface area contributed by atoms with Crippen molar-refractivity contribution >= 4 is 21.9 Å². The lowest BCUT2D eigenvalue weighted by Gasteiger charge is -2.24. The van der Waals surface area contributed by atoms with Crippen LogP contribution in [0.5, 0.6) is 23.0 Å². The standard InChI is InChI=1S/C37H46N6O7S/c1-25-10-16-32(17-11-25)51(48,49)43-37(38)40-18-6-9-29(42-36(47)28-20-33(44)35(46)34(45)21-28)23-41-30(22-39-2)19-26-12-14-31(15-13-26)50-24-27-7-4-3-5-8-27/h3-5,7-8,10-17,20-21,29-30,39,41,44-46H,6,9,18-19,22-24H2,1-2H3,(H,42,47)(H3,38,40,43)/t29-,30-/m1/s1. The van der Waals surface area contributed by atoms with Gasteiger partial charge in [0.1, 0.15) is 12.4 Å². The number of aryl methyl sites for hydroxylation is 1. The molecule has 272 valence electrons. The molecule has 51 heavy (non-hydrogen) atoms. The van der Waals surface area contributed by atoms with Crippen molar-refractivity contribution in [2.24, 2.45) is 10.7 Å². The molecule has 14 heteroatoms. The van der Waals surface area contributed by atoms with E-state index in [1.807, 2.05) is 68.6 Å². The monoisotopic (exact) mass is 718 g/mol. The number of likely N-dealkylation sites (N-methyl/N-ethyl adjacent to an activating group) is 1. The van der Waals surface area contributed by atoms with E-state index in [0.29, 0.717) is 39.0 Å². The maximum absolute atomic E-state index is 13.2. The van der Waals surface area contributed by atoms with Crippen LogP contribution in [-0.2, 0) is 23.1 Å². The van der Waals surface area contributed by atoms with Gasteiger partial charge in [-0.1, -0.05) is 60.2 Å². The minimum atomic E-state index is -3.90. The molecule has 13 nitrogen and oxygen atoms in total. The van der Waals surface area contributed by atoms with Gasteiger partial charge < -0.3 is 41.7 Å². The molecule has 0 radical (unpaired) electrons. The highest BCUT2D eigenvalue weighted by atomic mass is 32.2. The molecule has 9 N–H and O–H groups in total. The summed E-state index contributed by atoms with van der Waals surface area (Å²) in [5.41, 5.74) is 8.94. The van der Waals surface area contributed by atoms with Gasteiger partial charge in [0.25, 0.3) is 15.9 Å². The van der Waals surface area contributed by atoms with Gasteiger partial charge in [0.05, 0.1) is 4.90 Å². The number of aromatic hydroxyl groups is 3. The zero-order valence-corrected chi connectivity index (χ0v) is 29.5. The Morgan fingerprint density at radius 2 is 1.55 bits per heavy atom. The van der Waals surface area contributed by atoms with Gasteiger partial charge in [-0.2, -0.15) is 0 Å². The Morgan fingerprint density at radius 3 is 2.20 bits per heavy atom. The molecule has 0 bridgehead atoms. The van der Waals surface area contributed by atoms with Crippen LogP contribution in [0.4, 0.5) is 0 Å². The fraction of sp³-hybridized carbons (Fsp3) is 0.297. The second-order valence-corrected chi connectivity index (χ2v) is 13.8. The predicted molar refractivity (Wildman–Crippen MR) is 197 cm³/mol. The Balaban J connectivity index is 1.38. The number of phenolic OH excluding ortho intramolecular Hbond substituents is 3. The molecular weight excluding hydrogens is 673 g/mol. The number of hydrogen-bond donors (Lipinski definition) is 8. The zero-order valence-electron chi connectivity index (χ0n) is 28.7. The normalized spacial score (nSPS) is 12.9. The van der Waals surface area contributed by atoms with Crippen molar-refractivity contribution < 1.29 is 33.3 Å². The van der Waals surface area contributed by atoms with Crippen LogP contribution in [0, 0.1) is 6.92 Å². The SMILES string of the molecule is CNC[C@@H](Cc1ccc(OCc2ccccc2)cc1)NC[C@@H](CCCN=C(N)NS(=O)(=O)c1ccc(C)cc1)NC(=O)c1cc(O)c(O)c(O)c1. The number of amides is 1. The van der Waals surface area contributed by atoms with Crippen LogP contribution in [0.2, 0.25) is 0 Å². The molecule has 4 rings (SSSR count). The summed E-state index contributed by atoms with van der Waals surface area (Å²) in [4.78, 5) is 17.4. The van der Waals surface area contributed by atoms with Crippen molar-refractivity contribution in [3.8, 4) is 23.0 Å². The summed E-state index contributed by atoms with van der Waals surface area (Å²) in [5, 5.41) is 39.2. The maximum atomic E-state index is 13.2. The molecule has 0 aromatic heterocycles. The van der Waals surface area contributed by atoms with Gasteiger partial charge in [-0.25, -0.2) is 13.1 Å². The van der Waals surface area contributed by atoms with Crippen LogP contribution in [0.15, 0.2) is 101 Å². The molecule has 2 atom stereocenters. The first-order chi connectivity index (χ1) is 24.4. The van der Waals surface area contributed by atoms with E-state index < -0.39 is 39.2 Å². The summed E-state index contributed by atoms with van der Waals surface area (Å²) in [6.45, 7) is 3.49. The summed E-state index contributed by atoms with van der Waals surface area (Å²) in [6, 6.07) is 25.9. The molecule has 0 heterocycles. The number of carbonyl (C=O) groups excluding carboxylic acids is 1. The van der Waals surface area contributed by atoms with Crippen molar-refractivity contribution in [3.63, 3.8) is 0 Å². The fourth-order valence-electron chi connectivity index (χ4n) is 5.23. The summed E-state index contributed by atoms with van der Waals surface area (Å²) in [6.07, 6.45) is 1.55. The van der Waals surface area contributed by atoms with E-state index in [9.17, 15) is 28.5 Å². The van der Waals surface area contributed by atoms with E-state index in [2.05, 4.69) is 25.7 Å². The van der Waals surface area contributed by atoms with E-state index in [0.717, 1.165) is 34.6 Å². The number of aliphatic imine (C=N–C) groups is 1. The molecule has 0 spiro atoms. The average molecular weight is 719 g/mol. The first-order valence-electron chi connectivity index (χ1n) is 16.5. The van der Waals surface area contributed by atoms with Crippen LogP contribution < -0.4 is 31.1 Å². The van der Waals surface area contributed by atoms with Crippen LogP contribution >= 0.6 is 0 Å². The lowest BCUT2D eigenvalue weighted by Crippen LogP contribution is -2.48. The van der Waals surface area contributed by atoms with Crippen LogP contribution in [-0.4, -0.2) is 74.4 Å². The number of nitrogens with one attached hydrogen (secondary N) is 4. The summed E-state index contributed by atoms with van der Waals surface area (Å²) >= 11 is 0. The number of rotatable bonds is 18. The number of carbonyl (C=O) groups is 1. The molecule has 0 aliphatic heterocycles. The van der Waals surface area contributed by atoms with Crippen molar-refractivity contribution in [2.45, 2.75) is 49.8 Å². The highest BCUT2D eigenvalue weighted by Gasteiger charge is 2.20. The van der Waals surface area contributed by atoms with Crippen molar-refractivity contribution in [1.82, 2.24) is 20.7 Å². The number of hydrogen-bond acceptors (Lipinski definition) is 10. The first-order valence-corrected chi connectivity index (χ1v) is 18.0. The van der Waals surface area contributed by atoms with Crippen LogP contribution in [0.3, 0.4) is 0 Å². The van der Waals surface area contributed by atoms with Crippen LogP contribution in [0.1, 0.15) is 39.9 Å². The minimum Gasteiger partial charge on any atom is -0.504 e. The molecule has 0 saturated heterocycles. The Bertz CT molecular complexity index is 1830. The third-order valence-electron chi connectivity index (χ3n) is 7.99. The Labute approximate surface area is 298 Å². The molecule has 4 aromatic carbocycles. The van der Waals surface area contributed by atoms with E-state index in [1.165, 1.54) is 12.1 Å². The second-order valence-electron chi connectivity index (χ2n) is 12.1. The third kappa shape index (κ3) is 12.2. The van der Waals surface area contributed by atoms with Gasteiger partial charge in [-0.15, -0.1) is 0 Å². The summed E-state index contributed by atoms with van der Waals surface area (Å²) in [5.74, 6) is -2.03. The third-order valence-corrected chi connectivity index (χ3v) is 9.36. The van der Waals surface area contributed by atoms with Gasteiger partial charge in [0, 0.05) is 37.3 Å². The number of ether oxygens (including phenoxy) is 1. The number of benzene rings is 4. The van der Waals surface area contributed by atoms with Gasteiger partial charge in [0.15, 0.2) is 17.2 Å². The fourth-order valence-corrected chi connectivity index (χ4v) is 6.18. The van der Waals surface area contributed by atoms with Gasteiger partial charge in [-0.05, 0) is 80.8 Å². The van der Waals surface area contributed by atoms with Crippen molar-refractivity contribution in [1.29, 1.82) is 0 Å². The second kappa shape index (κ2) is 18.6. The van der Waals surface area contributed by atoms with Crippen LogP contribution in [0.25, 0.3) is 0 Å². The largest absolute Gasteiger partial charge is 0.504 e. The van der Waals surface area contributed by atoms with E-state index in [4.69, 9.17) is 10.5 Å². The van der Waals surface area contributed by atoms with Gasteiger partial charge >= 0.3 is 0 Å². The lowest BCUT2D eigenvalue weighted by atomic mass is 10.0. The molecule has 1 amide bonds. The topological polar surface area (TPSA) is 208 Å². The number of nitrogens with zero attached hydrogens (tertiary/aromatic N) is 1. The number of phenols is 3. The molecule has 0 unspecified atom stereocenters. The number of guanidine groups is 1. The Hall–Kier alpha value is -5.31. The summed E-state index contributed by atoms with van der Waals surface area (Å²) < 4.78 is 33.5. The Kier molecular flexibility index (Phi) is 14.1. The van der Waals surface area contributed by atoms with Crippen molar-refractivity contribution in [2.75, 3.05) is 26.7 Å². The molecule has 0 aliphatic carbocycles. The Morgan fingerprint density at radius 1 is 0.882 bits per heavy atom. The first kappa shape index (κ1) is 38.5. The zero-order chi connectivity index (χ0) is 36.8. The van der Waals surface area contributed by atoms with Crippen molar-refractivity contribution in [3.05, 3.63) is 113 Å². The highest BCUT2D eigenvalue weighted by Crippen LogP contribution is 2.35. The van der Waals surface area contributed by atoms with E-state index >= 15 is 0 Å². The van der Waals surface area contributed by atoms with Gasteiger partial charge in [-0.3, -0.25) is 9.79 Å². The van der Waals surface area contributed by atoms with Gasteiger partial charge in [0.2, 0.25) is 5.96 Å². The maximum Gasteiger partial charge on any atom is 0.264 e. The number of nitrogens with two attached hydrogens (primary N) is 1. The molecule has 0 aliphatic rings. The van der Waals surface area contributed by atoms with E-state index in [-0.39, 0.29) is 29.0 Å². The lowest BCUT2D eigenvalue weighted by molar-refractivity contribution is 0.0932. The molecule has 0 saturated carbocycles. The minimum absolute atomic E-state index is 0.0166. The highest BCUT2D eigenvalue weighted by molar-refractivity contribution is 7.90. The van der Waals surface area contributed by atoms with E-state index in [1.54, 1.807) is 12.1 Å². The number of sulfonamides is 1. The quantitative estimate of drug-likeness (QED) is 0.0326. The summed E-state index contributed by atoms with van der Waals surface area (Å²) in [7, 11) is -2.04. The molecular formula is C37H46N6O7S. The molecule has 4 aromatic rings. The smallest absolute Gasteiger partial charge is 0.264 e. The molecule has 0 fully saturated rings. The predicted octanol–water partition coefficient (Wildman–Crippen LogP) is 3.28. The average Bonchev–Trinajstić information content (AvgIpc) is 3.11.